The van der Waals surface area contributed by atoms with E-state index < -0.39 is 0 Å². The van der Waals surface area contributed by atoms with E-state index in [2.05, 4.69) is 44.3 Å². The molecule has 1 unspecified atom stereocenters. The van der Waals surface area contributed by atoms with E-state index in [9.17, 15) is 0 Å². The van der Waals surface area contributed by atoms with Gasteiger partial charge in [-0.1, -0.05) is 30.7 Å². The summed E-state index contributed by atoms with van der Waals surface area (Å²) in [6.45, 7) is 7.34. The zero-order chi connectivity index (χ0) is 15.4. The molecule has 2 aromatic rings. The summed E-state index contributed by atoms with van der Waals surface area (Å²) in [5, 5.41) is 3.61. The Morgan fingerprint density at radius 3 is 2.57 bits per heavy atom. The van der Waals surface area contributed by atoms with E-state index in [1.165, 1.54) is 21.6 Å². The minimum absolute atomic E-state index is 0.122. The van der Waals surface area contributed by atoms with Gasteiger partial charge in [0, 0.05) is 10.4 Å². The first kappa shape index (κ1) is 16.3. The van der Waals surface area contributed by atoms with Crippen LogP contribution in [0.3, 0.4) is 0 Å². The van der Waals surface area contributed by atoms with Crippen molar-refractivity contribution in [3.8, 4) is 5.75 Å². The molecule has 0 aliphatic carbocycles. The molecule has 114 valence electrons. The molecule has 1 atom stereocenters. The molecule has 0 radical (unpaired) electrons. The van der Waals surface area contributed by atoms with E-state index in [0.717, 1.165) is 23.1 Å². The molecule has 1 aromatic carbocycles. The van der Waals surface area contributed by atoms with Crippen molar-refractivity contribution >= 4 is 22.9 Å². The molecule has 1 aromatic heterocycles. The minimum atomic E-state index is 0.122. The molecule has 0 amide bonds. The maximum absolute atomic E-state index is 6.12. The van der Waals surface area contributed by atoms with Crippen LogP contribution in [0.5, 0.6) is 5.75 Å². The average Bonchev–Trinajstić information content (AvgIpc) is 2.89. The van der Waals surface area contributed by atoms with E-state index in [-0.39, 0.29) is 6.04 Å². The number of halogens is 1. The number of methoxy groups -OCH3 is 1. The van der Waals surface area contributed by atoms with Crippen molar-refractivity contribution in [3.05, 3.63) is 50.2 Å². The van der Waals surface area contributed by atoms with Crippen LogP contribution in [0.15, 0.2) is 24.3 Å². The lowest BCUT2D eigenvalue weighted by molar-refractivity contribution is 0.400. The fourth-order valence-electron chi connectivity index (χ4n) is 2.45. The molecule has 0 saturated heterocycles. The quantitative estimate of drug-likeness (QED) is 0.797. The molecule has 0 bridgehead atoms. The lowest BCUT2D eigenvalue weighted by Gasteiger charge is -2.22. The number of nitrogens with one attached hydrogen (secondary N) is 1. The standard InChI is InChI=1S/C17H22ClNOS/c1-5-10-19-16(14-8-9-15(18)21-14)13-7-6-11(2)12(3)17(13)20-4/h6-9,16,19H,5,10H2,1-4H3. The van der Waals surface area contributed by atoms with Crippen molar-refractivity contribution in [1.29, 1.82) is 0 Å². The molecule has 1 N–H and O–H groups in total. The number of ether oxygens (including phenoxy) is 1. The Labute approximate surface area is 136 Å². The second-order valence-corrected chi connectivity index (χ2v) is 6.91. The molecule has 0 fully saturated rings. The summed E-state index contributed by atoms with van der Waals surface area (Å²) in [7, 11) is 1.74. The summed E-state index contributed by atoms with van der Waals surface area (Å²) >= 11 is 7.73. The second-order valence-electron chi connectivity index (χ2n) is 5.16. The van der Waals surface area contributed by atoms with Crippen LogP contribution in [-0.2, 0) is 0 Å². The first-order valence-corrected chi connectivity index (χ1v) is 8.40. The van der Waals surface area contributed by atoms with Crippen molar-refractivity contribution in [2.45, 2.75) is 33.2 Å². The molecule has 0 aliphatic heterocycles. The van der Waals surface area contributed by atoms with Gasteiger partial charge in [-0.25, -0.2) is 0 Å². The Hall–Kier alpha value is -1.03. The predicted octanol–water partition coefficient (Wildman–Crippen LogP) is 5.12. The topological polar surface area (TPSA) is 21.3 Å². The van der Waals surface area contributed by atoms with E-state index >= 15 is 0 Å². The molecule has 21 heavy (non-hydrogen) atoms. The zero-order valence-corrected chi connectivity index (χ0v) is 14.6. The van der Waals surface area contributed by atoms with Crippen LogP contribution in [0.1, 0.15) is 41.0 Å². The molecular weight excluding hydrogens is 302 g/mol. The summed E-state index contributed by atoms with van der Waals surface area (Å²) in [5.74, 6) is 0.966. The molecule has 4 heteroatoms. The van der Waals surface area contributed by atoms with Gasteiger partial charge in [0.15, 0.2) is 0 Å². The summed E-state index contributed by atoms with van der Waals surface area (Å²) in [4.78, 5) is 1.22. The van der Waals surface area contributed by atoms with Crippen LogP contribution in [-0.4, -0.2) is 13.7 Å². The van der Waals surface area contributed by atoms with Crippen molar-refractivity contribution in [2.75, 3.05) is 13.7 Å². The van der Waals surface area contributed by atoms with E-state index in [0.29, 0.717) is 0 Å². The zero-order valence-electron chi connectivity index (χ0n) is 13.0. The van der Waals surface area contributed by atoms with Gasteiger partial charge >= 0.3 is 0 Å². The number of hydrogen-bond donors (Lipinski definition) is 1. The smallest absolute Gasteiger partial charge is 0.127 e. The van der Waals surface area contributed by atoms with Crippen molar-refractivity contribution < 1.29 is 4.74 Å². The fraction of sp³-hybridized carbons (Fsp3) is 0.412. The fourth-order valence-corrected chi connectivity index (χ4v) is 3.60. The Morgan fingerprint density at radius 2 is 2.00 bits per heavy atom. The lowest BCUT2D eigenvalue weighted by atomic mass is 9.98. The highest BCUT2D eigenvalue weighted by Crippen LogP contribution is 2.37. The number of thiophene rings is 1. The Bertz CT molecular complexity index is 609. The number of aryl methyl sites for hydroxylation is 1. The first-order chi connectivity index (χ1) is 10.1. The van der Waals surface area contributed by atoms with Crippen LogP contribution >= 0.6 is 22.9 Å². The summed E-state index contributed by atoms with van der Waals surface area (Å²) in [6.07, 6.45) is 1.09. The van der Waals surface area contributed by atoms with E-state index in [1.807, 2.05) is 6.07 Å². The summed E-state index contributed by atoms with van der Waals surface area (Å²) in [5.41, 5.74) is 3.61. The third kappa shape index (κ3) is 3.60. The predicted molar refractivity (Wildman–Crippen MR) is 91.9 cm³/mol. The molecule has 2 nitrogen and oxygen atoms in total. The van der Waals surface area contributed by atoms with Crippen LogP contribution in [0.2, 0.25) is 4.34 Å². The van der Waals surface area contributed by atoms with Crippen LogP contribution in [0.4, 0.5) is 0 Å². The van der Waals surface area contributed by atoms with Gasteiger partial charge in [-0.15, -0.1) is 11.3 Å². The lowest BCUT2D eigenvalue weighted by Crippen LogP contribution is -2.23. The summed E-state index contributed by atoms with van der Waals surface area (Å²) < 4.78 is 6.49. The highest BCUT2D eigenvalue weighted by Gasteiger charge is 2.21. The normalized spacial score (nSPS) is 12.4. The number of hydrogen-bond acceptors (Lipinski definition) is 3. The van der Waals surface area contributed by atoms with Crippen LogP contribution in [0, 0.1) is 13.8 Å². The van der Waals surface area contributed by atoms with Gasteiger partial charge in [0.1, 0.15) is 5.75 Å². The average molecular weight is 324 g/mol. The second kappa shape index (κ2) is 7.30. The highest BCUT2D eigenvalue weighted by atomic mass is 35.5. The maximum atomic E-state index is 6.12. The molecule has 0 saturated carbocycles. The van der Waals surface area contributed by atoms with Gasteiger partial charge < -0.3 is 10.1 Å². The summed E-state index contributed by atoms with van der Waals surface area (Å²) in [6, 6.07) is 8.48. The SMILES string of the molecule is CCCNC(c1ccc(Cl)s1)c1ccc(C)c(C)c1OC. The van der Waals surface area contributed by atoms with Crippen LogP contribution < -0.4 is 10.1 Å². The Morgan fingerprint density at radius 1 is 1.24 bits per heavy atom. The molecule has 2 rings (SSSR count). The van der Waals surface area contributed by atoms with Crippen molar-refractivity contribution in [1.82, 2.24) is 5.32 Å². The Kier molecular flexibility index (Phi) is 5.68. The maximum Gasteiger partial charge on any atom is 0.127 e. The number of benzene rings is 1. The van der Waals surface area contributed by atoms with Gasteiger partial charge in [0.05, 0.1) is 17.5 Å². The van der Waals surface area contributed by atoms with Gasteiger partial charge in [-0.05, 0) is 50.1 Å². The largest absolute Gasteiger partial charge is 0.496 e. The first-order valence-electron chi connectivity index (χ1n) is 7.21. The van der Waals surface area contributed by atoms with E-state index in [1.54, 1.807) is 18.4 Å². The highest BCUT2D eigenvalue weighted by molar-refractivity contribution is 7.16. The molecular formula is C17H22ClNOS. The van der Waals surface area contributed by atoms with Crippen LogP contribution in [0.25, 0.3) is 0 Å². The molecule has 1 heterocycles. The van der Waals surface area contributed by atoms with Gasteiger partial charge in [0.2, 0.25) is 0 Å². The van der Waals surface area contributed by atoms with Crippen molar-refractivity contribution in [3.63, 3.8) is 0 Å². The minimum Gasteiger partial charge on any atom is -0.496 e. The molecule has 0 aliphatic rings. The third-order valence-corrected chi connectivity index (χ3v) is 5.00. The van der Waals surface area contributed by atoms with Gasteiger partial charge in [0.25, 0.3) is 0 Å². The Balaban J connectivity index is 2.48. The van der Waals surface area contributed by atoms with Crippen molar-refractivity contribution in [2.24, 2.45) is 0 Å². The molecule has 0 spiro atoms. The van der Waals surface area contributed by atoms with Gasteiger partial charge in [-0.3, -0.25) is 0 Å². The number of rotatable bonds is 6. The van der Waals surface area contributed by atoms with Gasteiger partial charge in [-0.2, -0.15) is 0 Å². The third-order valence-electron chi connectivity index (χ3n) is 3.70. The van der Waals surface area contributed by atoms with E-state index in [4.69, 9.17) is 16.3 Å². The monoisotopic (exact) mass is 323 g/mol.